The predicted octanol–water partition coefficient (Wildman–Crippen LogP) is 1.13. The van der Waals surface area contributed by atoms with Crippen LogP contribution >= 0.6 is 0 Å². The fraction of sp³-hybridized carbons (Fsp3) is 0.923. The molecule has 2 rings (SSSR count). The van der Waals surface area contributed by atoms with E-state index in [0.717, 1.165) is 26.1 Å². The van der Waals surface area contributed by atoms with E-state index in [1.165, 1.54) is 0 Å². The zero-order valence-corrected chi connectivity index (χ0v) is 11.3. The molecule has 4 nitrogen and oxygen atoms in total. The Morgan fingerprint density at radius 3 is 2.59 bits per heavy atom. The lowest BCUT2D eigenvalue weighted by atomic mass is 9.91. The second-order valence-electron chi connectivity index (χ2n) is 6.27. The van der Waals surface area contributed by atoms with Crippen LogP contribution in [0, 0.1) is 11.3 Å². The molecule has 0 bridgehead atoms. The number of nitrogens with zero attached hydrogens (tertiary/aromatic N) is 2. The third-order valence-corrected chi connectivity index (χ3v) is 3.86. The normalized spacial score (nSPS) is 36.6. The minimum atomic E-state index is -0.171. The number of nitriles is 1. The van der Waals surface area contributed by atoms with Gasteiger partial charge in [0.05, 0.1) is 17.3 Å². The summed E-state index contributed by atoms with van der Waals surface area (Å²) in [6, 6.07) is 2.72. The van der Waals surface area contributed by atoms with E-state index < -0.39 is 0 Å². The van der Waals surface area contributed by atoms with Crippen LogP contribution in [-0.4, -0.2) is 47.8 Å². The summed E-state index contributed by atoms with van der Waals surface area (Å²) in [5.74, 6) is 0. The molecule has 0 saturated carbocycles. The highest BCUT2D eigenvalue weighted by molar-refractivity contribution is 5.06. The molecule has 2 heterocycles. The minimum Gasteiger partial charge on any atom is -0.368 e. The average Bonchev–Trinajstić information content (AvgIpc) is 2.46. The van der Waals surface area contributed by atoms with E-state index in [1.54, 1.807) is 0 Å². The molecule has 0 spiro atoms. The lowest BCUT2D eigenvalue weighted by Gasteiger charge is -2.41. The Morgan fingerprint density at radius 2 is 2.06 bits per heavy atom. The number of hydrogen-bond acceptors (Lipinski definition) is 4. The summed E-state index contributed by atoms with van der Waals surface area (Å²) in [4.78, 5) is 2.32. The van der Waals surface area contributed by atoms with Gasteiger partial charge in [-0.25, -0.2) is 0 Å². The van der Waals surface area contributed by atoms with Gasteiger partial charge in [0.1, 0.15) is 6.04 Å². The van der Waals surface area contributed by atoms with Gasteiger partial charge in [-0.1, -0.05) is 0 Å². The highest BCUT2D eigenvalue weighted by Gasteiger charge is 2.50. The summed E-state index contributed by atoms with van der Waals surface area (Å²) in [7, 11) is 0. The van der Waals surface area contributed by atoms with Crippen molar-refractivity contribution in [3.05, 3.63) is 0 Å². The molecule has 96 valence electrons. The zero-order valence-electron chi connectivity index (χ0n) is 11.3. The monoisotopic (exact) mass is 237 g/mol. The van der Waals surface area contributed by atoms with Gasteiger partial charge in [-0.2, -0.15) is 5.26 Å². The first-order valence-corrected chi connectivity index (χ1v) is 6.42. The van der Waals surface area contributed by atoms with Crippen molar-refractivity contribution >= 4 is 0 Å². The molecule has 0 aliphatic carbocycles. The Kier molecular flexibility index (Phi) is 3.19. The molecular formula is C13H23N3O. The maximum atomic E-state index is 9.25. The van der Waals surface area contributed by atoms with Gasteiger partial charge in [-0.05, 0) is 34.1 Å². The summed E-state index contributed by atoms with van der Waals surface area (Å²) in [5, 5.41) is 12.5. The van der Waals surface area contributed by atoms with Crippen LogP contribution in [0.2, 0.25) is 0 Å². The first kappa shape index (κ1) is 12.8. The van der Waals surface area contributed by atoms with Crippen molar-refractivity contribution in [3.8, 4) is 6.07 Å². The van der Waals surface area contributed by atoms with Gasteiger partial charge in [0.25, 0.3) is 0 Å². The Balaban J connectivity index is 2.18. The molecule has 0 aromatic rings. The van der Waals surface area contributed by atoms with Crippen molar-refractivity contribution in [1.82, 2.24) is 10.2 Å². The van der Waals surface area contributed by atoms with E-state index >= 15 is 0 Å². The van der Waals surface area contributed by atoms with Crippen molar-refractivity contribution < 1.29 is 4.74 Å². The minimum absolute atomic E-state index is 0.0227. The van der Waals surface area contributed by atoms with E-state index in [0.29, 0.717) is 6.04 Å². The molecule has 2 fully saturated rings. The van der Waals surface area contributed by atoms with E-state index in [4.69, 9.17) is 4.74 Å². The van der Waals surface area contributed by atoms with Crippen molar-refractivity contribution in [2.45, 2.75) is 57.4 Å². The maximum absolute atomic E-state index is 9.25. The Hall–Kier alpha value is -0.630. The first-order valence-electron chi connectivity index (χ1n) is 6.42. The highest BCUT2D eigenvalue weighted by atomic mass is 16.5. The predicted molar refractivity (Wildman–Crippen MR) is 66.6 cm³/mol. The molecule has 0 radical (unpaired) electrons. The third kappa shape index (κ3) is 2.47. The number of nitrogens with one attached hydrogen (secondary N) is 1. The Bertz CT molecular complexity index is 332. The van der Waals surface area contributed by atoms with Gasteiger partial charge in [-0.15, -0.1) is 0 Å². The topological polar surface area (TPSA) is 48.3 Å². The summed E-state index contributed by atoms with van der Waals surface area (Å²) in [6.07, 6.45) is 0.998. The average molecular weight is 237 g/mol. The summed E-state index contributed by atoms with van der Waals surface area (Å²) in [5.41, 5.74) is -0.255. The fourth-order valence-electron chi connectivity index (χ4n) is 3.26. The van der Waals surface area contributed by atoms with Gasteiger partial charge in [0.15, 0.2) is 0 Å². The number of piperazine rings is 1. The molecule has 0 aromatic carbocycles. The third-order valence-electron chi connectivity index (χ3n) is 3.86. The van der Waals surface area contributed by atoms with Crippen LogP contribution in [0.1, 0.15) is 34.1 Å². The second-order valence-corrected chi connectivity index (χ2v) is 6.27. The van der Waals surface area contributed by atoms with E-state index in [9.17, 15) is 5.26 Å². The van der Waals surface area contributed by atoms with Crippen LogP contribution < -0.4 is 5.32 Å². The van der Waals surface area contributed by atoms with E-state index in [2.05, 4.69) is 44.0 Å². The van der Waals surface area contributed by atoms with Gasteiger partial charge in [0.2, 0.25) is 0 Å². The second kappa shape index (κ2) is 4.24. The molecule has 17 heavy (non-hydrogen) atoms. The SMILES string of the molecule is CC1(C)CC(N2CCNCC2C#N)C(C)(C)O1. The number of rotatable bonds is 1. The Morgan fingerprint density at radius 1 is 1.35 bits per heavy atom. The van der Waals surface area contributed by atoms with Crippen molar-refractivity contribution in [3.63, 3.8) is 0 Å². The molecule has 2 saturated heterocycles. The first-order chi connectivity index (χ1) is 7.86. The zero-order chi connectivity index (χ0) is 12.7. The van der Waals surface area contributed by atoms with Crippen LogP contribution in [0.15, 0.2) is 0 Å². The van der Waals surface area contributed by atoms with Crippen LogP contribution in [0.3, 0.4) is 0 Å². The van der Waals surface area contributed by atoms with Crippen LogP contribution in [-0.2, 0) is 4.74 Å². The van der Waals surface area contributed by atoms with E-state index in [-0.39, 0.29) is 17.2 Å². The maximum Gasteiger partial charge on any atom is 0.111 e. The Labute approximate surface area is 104 Å². The molecular weight excluding hydrogens is 214 g/mol. The smallest absolute Gasteiger partial charge is 0.111 e. The van der Waals surface area contributed by atoms with Crippen LogP contribution in [0.25, 0.3) is 0 Å². The van der Waals surface area contributed by atoms with Gasteiger partial charge < -0.3 is 10.1 Å². The molecule has 0 aromatic heterocycles. The molecule has 2 aliphatic rings. The van der Waals surface area contributed by atoms with Gasteiger partial charge in [-0.3, -0.25) is 4.90 Å². The van der Waals surface area contributed by atoms with Gasteiger partial charge in [0, 0.05) is 25.7 Å². The van der Waals surface area contributed by atoms with Crippen molar-refractivity contribution in [1.29, 1.82) is 5.26 Å². The quantitative estimate of drug-likeness (QED) is 0.742. The molecule has 2 unspecified atom stereocenters. The van der Waals surface area contributed by atoms with Crippen molar-refractivity contribution in [2.75, 3.05) is 19.6 Å². The number of hydrogen-bond donors (Lipinski definition) is 1. The molecule has 2 atom stereocenters. The van der Waals surface area contributed by atoms with E-state index in [1.807, 2.05) is 0 Å². The molecule has 0 amide bonds. The molecule has 2 aliphatic heterocycles. The highest BCUT2D eigenvalue weighted by Crippen LogP contribution is 2.40. The van der Waals surface area contributed by atoms with Gasteiger partial charge >= 0.3 is 0 Å². The van der Waals surface area contributed by atoms with Crippen molar-refractivity contribution in [2.24, 2.45) is 0 Å². The lowest BCUT2D eigenvalue weighted by molar-refractivity contribution is -0.0835. The standard InChI is InChI=1S/C13H23N3O/c1-12(2)7-11(13(3,4)17-12)16-6-5-15-9-10(16)8-14/h10-11,15H,5-7,9H2,1-4H3. The number of ether oxygens (including phenoxy) is 1. The largest absolute Gasteiger partial charge is 0.368 e. The summed E-state index contributed by atoms with van der Waals surface area (Å²) < 4.78 is 6.12. The molecule has 1 N–H and O–H groups in total. The summed E-state index contributed by atoms with van der Waals surface area (Å²) in [6.45, 7) is 11.2. The molecule has 4 heteroatoms. The fourth-order valence-corrected chi connectivity index (χ4v) is 3.26. The lowest BCUT2D eigenvalue weighted by Crippen LogP contribution is -2.58. The summed E-state index contributed by atoms with van der Waals surface area (Å²) >= 11 is 0. The van der Waals surface area contributed by atoms with Crippen LogP contribution in [0.5, 0.6) is 0 Å². The van der Waals surface area contributed by atoms with Crippen LogP contribution in [0.4, 0.5) is 0 Å².